The minimum atomic E-state index is 0.515. The molecule has 2 heterocycles. The summed E-state index contributed by atoms with van der Waals surface area (Å²) >= 11 is 0. The molecule has 1 N–H and O–H groups in total. The van der Waals surface area contributed by atoms with Gasteiger partial charge in [-0.05, 0) is 58.2 Å². The van der Waals surface area contributed by atoms with E-state index < -0.39 is 0 Å². The Hall–Kier alpha value is -0.120. The van der Waals surface area contributed by atoms with E-state index in [0.717, 1.165) is 6.04 Å². The van der Waals surface area contributed by atoms with Crippen LogP contribution in [0.4, 0.5) is 0 Å². The van der Waals surface area contributed by atoms with E-state index in [-0.39, 0.29) is 0 Å². The summed E-state index contributed by atoms with van der Waals surface area (Å²) in [7, 11) is 0. The number of hydrogen-bond acceptors (Lipinski definition) is 3. The highest BCUT2D eigenvalue weighted by Crippen LogP contribution is 2.37. The first-order chi connectivity index (χ1) is 10.3. The van der Waals surface area contributed by atoms with Gasteiger partial charge in [-0.25, -0.2) is 0 Å². The molecule has 2 saturated heterocycles. The minimum absolute atomic E-state index is 0.515. The molecule has 1 saturated carbocycles. The number of likely N-dealkylation sites (tertiary alicyclic amines) is 1. The fourth-order valence-electron chi connectivity index (χ4n) is 5.09. The quantitative estimate of drug-likeness (QED) is 0.863. The van der Waals surface area contributed by atoms with Gasteiger partial charge >= 0.3 is 0 Å². The molecule has 0 radical (unpaired) electrons. The van der Waals surface area contributed by atoms with Crippen LogP contribution in [-0.2, 0) is 0 Å². The maximum Gasteiger partial charge on any atom is 0.0337 e. The summed E-state index contributed by atoms with van der Waals surface area (Å²) in [5.41, 5.74) is 0.515. The van der Waals surface area contributed by atoms with Crippen molar-refractivity contribution >= 4 is 0 Å². The van der Waals surface area contributed by atoms with Gasteiger partial charge in [0, 0.05) is 31.2 Å². The number of nitrogens with one attached hydrogen (secondary N) is 1. The van der Waals surface area contributed by atoms with E-state index in [0.29, 0.717) is 5.54 Å². The van der Waals surface area contributed by atoms with Gasteiger partial charge in [0.05, 0.1) is 0 Å². The molecule has 3 rings (SSSR count). The summed E-state index contributed by atoms with van der Waals surface area (Å²) in [5.74, 6) is 0. The molecule has 122 valence electrons. The summed E-state index contributed by atoms with van der Waals surface area (Å²) in [4.78, 5) is 5.67. The fraction of sp³-hybridized carbons (Fsp3) is 1.00. The molecule has 3 fully saturated rings. The molecular weight excluding hydrogens is 258 g/mol. The average Bonchev–Trinajstić information content (AvgIpc) is 2.75. The van der Waals surface area contributed by atoms with Gasteiger partial charge in [0.15, 0.2) is 0 Å². The first kappa shape index (κ1) is 15.8. The Morgan fingerprint density at radius 2 is 1.86 bits per heavy atom. The molecule has 0 aromatic heterocycles. The Kier molecular flexibility index (Phi) is 5.58. The largest absolute Gasteiger partial charge is 0.314 e. The van der Waals surface area contributed by atoms with Crippen LogP contribution >= 0.6 is 0 Å². The molecule has 1 atom stereocenters. The van der Waals surface area contributed by atoms with Crippen molar-refractivity contribution in [2.24, 2.45) is 0 Å². The molecule has 2 aliphatic heterocycles. The van der Waals surface area contributed by atoms with Crippen molar-refractivity contribution in [1.82, 2.24) is 15.1 Å². The second kappa shape index (κ2) is 7.43. The predicted octanol–water partition coefficient (Wildman–Crippen LogP) is 2.86. The van der Waals surface area contributed by atoms with Crippen molar-refractivity contribution in [2.75, 3.05) is 39.3 Å². The van der Waals surface area contributed by atoms with Crippen molar-refractivity contribution in [2.45, 2.75) is 76.3 Å². The van der Waals surface area contributed by atoms with Crippen molar-refractivity contribution < 1.29 is 0 Å². The van der Waals surface area contributed by atoms with E-state index in [9.17, 15) is 0 Å². The van der Waals surface area contributed by atoms with Gasteiger partial charge in [-0.3, -0.25) is 4.90 Å². The van der Waals surface area contributed by atoms with Crippen molar-refractivity contribution in [3.8, 4) is 0 Å². The van der Waals surface area contributed by atoms with Crippen LogP contribution in [0.1, 0.15) is 64.7 Å². The van der Waals surface area contributed by atoms with E-state index in [1.165, 1.54) is 97.1 Å². The zero-order valence-corrected chi connectivity index (χ0v) is 14.1. The van der Waals surface area contributed by atoms with Crippen LogP contribution in [0, 0.1) is 0 Å². The number of nitrogens with zero attached hydrogens (tertiary/aromatic N) is 2. The second-order valence-electron chi connectivity index (χ2n) is 7.58. The van der Waals surface area contributed by atoms with Crippen LogP contribution in [0.15, 0.2) is 0 Å². The summed E-state index contributed by atoms with van der Waals surface area (Å²) in [6, 6.07) is 0.854. The zero-order valence-electron chi connectivity index (χ0n) is 14.1. The summed E-state index contributed by atoms with van der Waals surface area (Å²) in [5, 5.41) is 3.71. The molecule has 3 aliphatic rings. The van der Waals surface area contributed by atoms with Crippen molar-refractivity contribution in [3.05, 3.63) is 0 Å². The lowest BCUT2D eigenvalue weighted by atomic mass is 9.77. The van der Waals surface area contributed by atoms with Gasteiger partial charge in [-0.2, -0.15) is 0 Å². The summed E-state index contributed by atoms with van der Waals surface area (Å²) in [6.07, 6.45) is 12.8. The van der Waals surface area contributed by atoms with Crippen LogP contribution in [0.25, 0.3) is 0 Å². The number of piperazine rings is 1. The van der Waals surface area contributed by atoms with Crippen LogP contribution in [-0.4, -0.2) is 60.6 Å². The Morgan fingerprint density at radius 3 is 2.67 bits per heavy atom. The van der Waals surface area contributed by atoms with Gasteiger partial charge in [-0.15, -0.1) is 0 Å². The first-order valence-corrected chi connectivity index (χ1v) is 9.54. The molecule has 3 heteroatoms. The smallest absolute Gasteiger partial charge is 0.0337 e. The Morgan fingerprint density at radius 1 is 1.00 bits per heavy atom. The van der Waals surface area contributed by atoms with Gasteiger partial charge in [-0.1, -0.05) is 26.2 Å². The van der Waals surface area contributed by atoms with Crippen LogP contribution in [0.3, 0.4) is 0 Å². The van der Waals surface area contributed by atoms with Gasteiger partial charge in [0.1, 0.15) is 0 Å². The summed E-state index contributed by atoms with van der Waals surface area (Å²) < 4.78 is 0. The SMILES string of the molecule is CCCN1CCCC(N2CCNCC23CCCCC3)CC1. The van der Waals surface area contributed by atoms with Crippen molar-refractivity contribution in [3.63, 3.8) is 0 Å². The highest BCUT2D eigenvalue weighted by Gasteiger charge is 2.42. The van der Waals surface area contributed by atoms with Gasteiger partial charge in [0.2, 0.25) is 0 Å². The molecule has 0 amide bonds. The molecule has 1 unspecified atom stereocenters. The van der Waals surface area contributed by atoms with E-state index in [1.807, 2.05) is 0 Å². The predicted molar refractivity (Wildman–Crippen MR) is 89.8 cm³/mol. The Balaban J connectivity index is 1.65. The van der Waals surface area contributed by atoms with E-state index >= 15 is 0 Å². The molecule has 21 heavy (non-hydrogen) atoms. The van der Waals surface area contributed by atoms with Crippen LogP contribution < -0.4 is 5.32 Å². The highest BCUT2D eigenvalue weighted by molar-refractivity contribution is 5.00. The molecule has 0 aromatic carbocycles. The average molecular weight is 293 g/mol. The molecule has 1 spiro atoms. The lowest BCUT2D eigenvalue weighted by Crippen LogP contribution is -2.64. The fourth-order valence-corrected chi connectivity index (χ4v) is 5.09. The topological polar surface area (TPSA) is 18.5 Å². The maximum absolute atomic E-state index is 3.71. The third-order valence-corrected chi connectivity index (χ3v) is 6.15. The molecule has 0 aromatic rings. The Bertz CT molecular complexity index is 303. The first-order valence-electron chi connectivity index (χ1n) is 9.54. The second-order valence-corrected chi connectivity index (χ2v) is 7.58. The summed E-state index contributed by atoms with van der Waals surface area (Å²) in [6.45, 7) is 10.0. The minimum Gasteiger partial charge on any atom is -0.314 e. The van der Waals surface area contributed by atoms with Crippen LogP contribution in [0.2, 0.25) is 0 Å². The van der Waals surface area contributed by atoms with Gasteiger partial charge < -0.3 is 10.2 Å². The van der Waals surface area contributed by atoms with Crippen LogP contribution in [0.5, 0.6) is 0 Å². The third-order valence-electron chi connectivity index (χ3n) is 6.15. The molecular formula is C18H35N3. The monoisotopic (exact) mass is 293 g/mol. The zero-order chi connectivity index (χ0) is 14.5. The standard InChI is InChI=1S/C18H35N3/c1-2-12-20-13-6-7-17(8-14-20)21-15-11-19-16-18(21)9-4-3-5-10-18/h17,19H,2-16H2,1H3. The van der Waals surface area contributed by atoms with E-state index in [2.05, 4.69) is 22.0 Å². The van der Waals surface area contributed by atoms with E-state index in [4.69, 9.17) is 0 Å². The third kappa shape index (κ3) is 3.62. The molecule has 1 aliphatic carbocycles. The van der Waals surface area contributed by atoms with Gasteiger partial charge in [0.25, 0.3) is 0 Å². The van der Waals surface area contributed by atoms with Crippen molar-refractivity contribution in [1.29, 1.82) is 0 Å². The highest BCUT2D eigenvalue weighted by atomic mass is 15.3. The number of rotatable bonds is 3. The van der Waals surface area contributed by atoms with E-state index in [1.54, 1.807) is 0 Å². The lowest BCUT2D eigenvalue weighted by Gasteiger charge is -2.53. The number of hydrogen-bond donors (Lipinski definition) is 1. The molecule has 0 bridgehead atoms. The molecule has 3 nitrogen and oxygen atoms in total. The Labute approximate surface area is 131 Å². The maximum atomic E-state index is 3.71. The lowest BCUT2D eigenvalue weighted by molar-refractivity contribution is -0.0118. The normalized spacial score (nSPS) is 32.1.